The number of hydrogen-bond donors (Lipinski definition) is 1. The lowest BCUT2D eigenvalue weighted by atomic mass is 10.1. The third kappa shape index (κ3) is 4.11. The van der Waals surface area contributed by atoms with E-state index >= 15 is 0 Å². The molecule has 1 aliphatic rings. The Bertz CT molecular complexity index is 479. The number of aryl methyl sites for hydroxylation is 1. The molecular weight excluding hydrogens is 295 g/mol. The van der Waals surface area contributed by atoms with Crippen LogP contribution in [-0.4, -0.2) is 30.4 Å². The molecule has 20 heavy (non-hydrogen) atoms. The van der Waals surface area contributed by atoms with E-state index in [-0.39, 0.29) is 5.91 Å². The fourth-order valence-corrected chi connectivity index (χ4v) is 2.87. The number of carbonyl (C=O) groups is 1. The number of rotatable bonds is 5. The highest BCUT2D eigenvalue weighted by Crippen LogP contribution is 2.23. The molecule has 5 heteroatoms. The Morgan fingerprint density at radius 1 is 1.35 bits per heavy atom. The molecule has 1 fully saturated rings. The maximum absolute atomic E-state index is 12.1. The van der Waals surface area contributed by atoms with Gasteiger partial charge >= 0.3 is 0 Å². The number of halogens is 2. The number of amides is 1. The molecule has 0 saturated carbocycles. The average Bonchev–Trinajstić information content (AvgIpc) is 2.91. The van der Waals surface area contributed by atoms with Crippen molar-refractivity contribution in [1.82, 2.24) is 4.90 Å². The molecule has 1 aliphatic heterocycles. The smallest absolute Gasteiger partial charge is 0.222 e. The second-order valence-electron chi connectivity index (χ2n) is 5.33. The van der Waals surface area contributed by atoms with Crippen LogP contribution in [0.15, 0.2) is 18.2 Å². The summed E-state index contributed by atoms with van der Waals surface area (Å²) in [6.45, 7) is 2.35. The molecule has 1 aromatic carbocycles. The van der Waals surface area contributed by atoms with Crippen molar-refractivity contribution in [3.8, 4) is 0 Å². The van der Waals surface area contributed by atoms with Crippen molar-refractivity contribution >= 4 is 29.1 Å². The van der Waals surface area contributed by atoms with Gasteiger partial charge in [-0.3, -0.25) is 4.79 Å². The largest absolute Gasteiger partial charge is 0.342 e. The quantitative estimate of drug-likeness (QED) is 0.907. The molecule has 1 heterocycles. The van der Waals surface area contributed by atoms with Gasteiger partial charge in [0.25, 0.3) is 0 Å². The van der Waals surface area contributed by atoms with Gasteiger partial charge in [0.1, 0.15) is 0 Å². The van der Waals surface area contributed by atoms with Crippen molar-refractivity contribution in [2.24, 2.45) is 11.7 Å². The second kappa shape index (κ2) is 7.30. The number of hydrogen-bond acceptors (Lipinski definition) is 2. The molecule has 1 aromatic rings. The molecule has 2 rings (SSSR count). The van der Waals surface area contributed by atoms with Gasteiger partial charge in [-0.1, -0.05) is 29.3 Å². The molecule has 1 atom stereocenters. The van der Waals surface area contributed by atoms with E-state index in [1.165, 1.54) is 0 Å². The molecule has 0 spiro atoms. The van der Waals surface area contributed by atoms with Crippen LogP contribution >= 0.6 is 23.2 Å². The highest BCUT2D eigenvalue weighted by molar-refractivity contribution is 6.42. The maximum Gasteiger partial charge on any atom is 0.222 e. The van der Waals surface area contributed by atoms with E-state index in [2.05, 4.69) is 0 Å². The summed E-state index contributed by atoms with van der Waals surface area (Å²) in [6, 6.07) is 5.63. The van der Waals surface area contributed by atoms with Crippen molar-refractivity contribution in [2.45, 2.75) is 25.7 Å². The molecule has 1 saturated heterocycles. The van der Waals surface area contributed by atoms with E-state index in [1.807, 2.05) is 17.0 Å². The van der Waals surface area contributed by atoms with Crippen molar-refractivity contribution in [1.29, 1.82) is 0 Å². The predicted molar refractivity (Wildman–Crippen MR) is 83.1 cm³/mol. The third-order valence-corrected chi connectivity index (χ3v) is 4.55. The molecule has 1 unspecified atom stereocenters. The zero-order chi connectivity index (χ0) is 14.5. The van der Waals surface area contributed by atoms with Gasteiger partial charge in [0, 0.05) is 19.5 Å². The standard InChI is InChI=1S/C15H20Cl2N2O/c16-13-5-4-11(8-14(13)17)2-1-3-15(20)19-7-6-12(9-18)10-19/h4-5,8,12H,1-3,6-7,9-10,18H2. The third-order valence-electron chi connectivity index (χ3n) is 3.81. The van der Waals surface area contributed by atoms with Crippen LogP contribution in [0.1, 0.15) is 24.8 Å². The Morgan fingerprint density at radius 3 is 2.80 bits per heavy atom. The van der Waals surface area contributed by atoms with Crippen LogP contribution in [0.2, 0.25) is 10.0 Å². The van der Waals surface area contributed by atoms with E-state index in [9.17, 15) is 4.79 Å². The Morgan fingerprint density at radius 2 is 2.15 bits per heavy atom. The Kier molecular flexibility index (Phi) is 5.70. The summed E-state index contributed by atoms with van der Waals surface area (Å²) in [5, 5.41) is 1.14. The molecule has 0 radical (unpaired) electrons. The van der Waals surface area contributed by atoms with E-state index in [4.69, 9.17) is 28.9 Å². The van der Waals surface area contributed by atoms with Gasteiger partial charge in [-0.05, 0) is 49.4 Å². The molecule has 0 aliphatic carbocycles. The molecule has 3 nitrogen and oxygen atoms in total. The minimum atomic E-state index is 0.237. The predicted octanol–water partition coefficient (Wildman–Crippen LogP) is 3.12. The van der Waals surface area contributed by atoms with E-state index in [1.54, 1.807) is 6.07 Å². The van der Waals surface area contributed by atoms with Gasteiger partial charge in [-0.25, -0.2) is 0 Å². The first-order chi connectivity index (χ1) is 9.60. The van der Waals surface area contributed by atoms with Gasteiger partial charge in [0.2, 0.25) is 5.91 Å². The summed E-state index contributed by atoms with van der Waals surface area (Å²) < 4.78 is 0. The fraction of sp³-hybridized carbons (Fsp3) is 0.533. The second-order valence-corrected chi connectivity index (χ2v) is 6.15. The SMILES string of the molecule is NCC1CCN(C(=O)CCCc2ccc(Cl)c(Cl)c2)C1. The first kappa shape index (κ1) is 15.6. The molecule has 0 bridgehead atoms. The Balaban J connectivity index is 1.75. The Labute approximate surface area is 130 Å². The maximum atomic E-state index is 12.1. The van der Waals surface area contributed by atoms with Crippen molar-refractivity contribution in [3.63, 3.8) is 0 Å². The van der Waals surface area contributed by atoms with Gasteiger partial charge in [-0.15, -0.1) is 0 Å². The van der Waals surface area contributed by atoms with E-state index < -0.39 is 0 Å². The summed E-state index contributed by atoms with van der Waals surface area (Å²) in [4.78, 5) is 14.0. The normalized spacial score (nSPS) is 18.6. The number of carbonyl (C=O) groups excluding carboxylic acids is 1. The summed E-state index contributed by atoms with van der Waals surface area (Å²) in [6.07, 6.45) is 3.30. The molecule has 1 amide bonds. The van der Waals surface area contributed by atoms with E-state index in [0.29, 0.717) is 28.9 Å². The minimum Gasteiger partial charge on any atom is -0.342 e. The average molecular weight is 315 g/mol. The zero-order valence-electron chi connectivity index (χ0n) is 11.4. The minimum absolute atomic E-state index is 0.237. The fourth-order valence-electron chi connectivity index (χ4n) is 2.55. The first-order valence-electron chi connectivity index (χ1n) is 7.02. The molecular formula is C15H20Cl2N2O. The molecule has 2 N–H and O–H groups in total. The monoisotopic (exact) mass is 314 g/mol. The lowest BCUT2D eigenvalue weighted by Gasteiger charge is -2.16. The van der Waals surface area contributed by atoms with Crippen LogP contribution in [0.25, 0.3) is 0 Å². The van der Waals surface area contributed by atoms with Gasteiger partial charge in [-0.2, -0.15) is 0 Å². The van der Waals surface area contributed by atoms with Crippen LogP contribution in [-0.2, 0) is 11.2 Å². The van der Waals surface area contributed by atoms with Crippen molar-refractivity contribution in [3.05, 3.63) is 33.8 Å². The van der Waals surface area contributed by atoms with Gasteiger partial charge < -0.3 is 10.6 Å². The van der Waals surface area contributed by atoms with Crippen LogP contribution in [0, 0.1) is 5.92 Å². The number of nitrogens with zero attached hydrogens (tertiary/aromatic N) is 1. The lowest BCUT2D eigenvalue weighted by molar-refractivity contribution is -0.130. The number of nitrogens with two attached hydrogens (primary N) is 1. The summed E-state index contributed by atoms with van der Waals surface area (Å²) >= 11 is 11.8. The first-order valence-corrected chi connectivity index (χ1v) is 7.77. The van der Waals surface area contributed by atoms with Gasteiger partial charge in [0.15, 0.2) is 0 Å². The lowest BCUT2D eigenvalue weighted by Crippen LogP contribution is -2.29. The van der Waals surface area contributed by atoms with Crippen molar-refractivity contribution < 1.29 is 4.79 Å². The zero-order valence-corrected chi connectivity index (χ0v) is 13.0. The van der Waals surface area contributed by atoms with Crippen LogP contribution in [0.5, 0.6) is 0 Å². The van der Waals surface area contributed by atoms with Crippen molar-refractivity contribution in [2.75, 3.05) is 19.6 Å². The summed E-state index contributed by atoms with van der Waals surface area (Å²) in [5.74, 6) is 0.718. The summed E-state index contributed by atoms with van der Waals surface area (Å²) in [5.41, 5.74) is 6.76. The topological polar surface area (TPSA) is 46.3 Å². The van der Waals surface area contributed by atoms with E-state index in [0.717, 1.165) is 37.9 Å². The highest BCUT2D eigenvalue weighted by atomic mass is 35.5. The molecule has 110 valence electrons. The highest BCUT2D eigenvalue weighted by Gasteiger charge is 2.24. The van der Waals surface area contributed by atoms with Crippen LogP contribution in [0.3, 0.4) is 0 Å². The summed E-state index contributed by atoms with van der Waals surface area (Å²) in [7, 11) is 0. The Hall–Kier alpha value is -0.770. The molecule has 0 aromatic heterocycles. The number of likely N-dealkylation sites (tertiary alicyclic amines) is 1. The van der Waals surface area contributed by atoms with Crippen LogP contribution in [0.4, 0.5) is 0 Å². The van der Waals surface area contributed by atoms with Gasteiger partial charge in [0.05, 0.1) is 10.0 Å². The van der Waals surface area contributed by atoms with Crippen LogP contribution < -0.4 is 5.73 Å². The number of benzene rings is 1.